The van der Waals surface area contributed by atoms with Crippen LogP contribution in [0.5, 0.6) is 0 Å². The molecule has 0 aromatic carbocycles. The van der Waals surface area contributed by atoms with Gasteiger partial charge < -0.3 is 0 Å². The van der Waals surface area contributed by atoms with Crippen LogP contribution >= 0.6 is 12.2 Å². The third kappa shape index (κ3) is 2.37. The number of thiocarbonyl (C=S) groups is 1. The number of hydrogen-bond acceptors (Lipinski definition) is 2. The quantitative estimate of drug-likeness (QED) is 0.515. The Bertz CT molecular complexity index is 344. The second-order valence-electron chi connectivity index (χ2n) is 2.40. The number of alkyl halides is 3. The lowest BCUT2D eigenvalue weighted by Crippen LogP contribution is -2.01. The van der Waals surface area contributed by atoms with Crippen LogP contribution < -0.4 is 0 Å². The van der Waals surface area contributed by atoms with Crippen molar-refractivity contribution in [1.82, 2.24) is 0 Å². The molecular weight excluding hydrogens is 199 g/mol. The highest BCUT2D eigenvalue weighted by atomic mass is 32.1. The van der Waals surface area contributed by atoms with Crippen LogP contribution in [0.3, 0.4) is 0 Å². The lowest BCUT2D eigenvalue weighted by atomic mass is 10.3. The largest absolute Gasteiger partial charge is 0.416 e. The minimum absolute atomic E-state index is 0.528. The van der Waals surface area contributed by atoms with Crippen LogP contribution in [0.15, 0.2) is 18.2 Å². The van der Waals surface area contributed by atoms with E-state index < -0.39 is 11.7 Å². The molecular formula is C8H4F3NS. The zero-order chi connectivity index (χ0) is 10.1. The van der Waals surface area contributed by atoms with E-state index in [1.807, 2.05) is 0 Å². The number of halogens is 3. The van der Waals surface area contributed by atoms with Gasteiger partial charge in [-0.15, -0.1) is 0 Å². The Labute approximate surface area is 77.7 Å². The first-order chi connectivity index (χ1) is 5.99. The molecule has 1 N–H and O–H groups in total. The third-order valence-electron chi connectivity index (χ3n) is 1.51. The van der Waals surface area contributed by atoms with E-state index in [2.05, 4.69) is 12.2 Å². The monoisotopic (exact) mass is 203 g/mol. The smallest absolute Gasteiger partial charge is 0.248 e. The molecule has 0 saturated heterocycles. The van der Waals surface area contributed by atoms with Crippen molar-refractivity contribution < 1.29 is 13.2 Å². The molecule has 0 bridgehead atoms. The standard InChI is InChI=1S/C7H3F3.CHNS/c8-7(9,10)6-2-4-1-5(4)3-6;2-1-3/h1-3H;2H. The summed E-state index contributed by atoms with van der Waals surface area (Å²) >= 11 is 3.81. The highest BCUT2D eigenvalue weighted by Crippen LogP contribution is 2.42. The molecule has 2 aliphatic rings. The molecule has 2 aliphatic carbocycles. The van der Waals surface area contributed by atoms with Crippen molar-refractivity contribution in [3.8, 4) is 11.1 Å². The molecule has 0 heterocycles. The topological polar surface area (TPSA) is 23.9 Å². The van der Waals surface area contributed by atoms with Gasteiger partial charge >= 0.3 is 6.18 Å². The summed E-state index contributed by atoms with van der Waals surface area (Å²) in [5.41, 5.74) is 0.930. The van der Waals surface area contributed by atoms with Gasteiger partial charge in [-0.1, -0.05) is 0 Å². The summed E-state index contributed by atoms with van der Waals surface area (Å²) in [6.45, 7) is 0. The number of benzene rings is 1. The first-order valence-corrected chi connectivity index (χ1v) is 3.66. The summed E-state index contributed by atoms with van der Waals surface area (Å²) < 4.78 is 35.4. The highest BCUT2D eigenvalue weighted by Gasteiger charge is 2.34. The lowest BCUT2D eigenvalue weighted by molar-refractivity contribution is -0.137. The summed E-state index contributed by atoms with van der Waals surface area (Å²) in [6, 6.07) is 4.04. The fourth-order valence-corrected chi connectivity index (χ4v) is 0.922. The van der Waals surface area contributed by atoms with Crippen molar-refractivity contribution in [2.24, 2.45) is 0 Å². The first kappa shape index (κ1) is 9.89. The van der Waals surface area contributed by atoms with Crippen LogP contribution in [0.4, 0.5) is 13.2 Å². The van der Waals surface area contributed by atoms with Crippen LogP contribution in [0.2, 0.25) is 0 Å². The average Bonchev–Trinajstić information content (AvgIpc) is 2.58. The zero-order valence-corrected chi connectivity index (χ0v) is 7.09. The number of nitrogens with one attached hydrogen (secondary N) is 1. The van der Waals surface area contributed by atoms with Gasteiger partial charge in [-0.3, -0.25) is 0 Å². The summed E-state index contributed by atoms with van der Waals surface area (Å²) in [4.78, 5) is 0. The van der Waals surface area contributed by atoms with Crippen molar-refractivity contribution in [2.45, 2.75) is 6.18 Å². The van der Waals surface area contributed by atoms with Crippen LogP contribution in [-0.2, 0) is 6.18 Å². The van der Waals surface area contributed by atoms with Crippen LogP contribution in [-0.4, -0.2) is 5.16 Å². The van der Waals surface area contributed by atoms with Gasteiger partial charge in [0, 0.05) is 0 Å². The molecule has 0 radical (unpaired) electrons. The lowest BCUT2D eigenvalue weighted by Gasteiger charge is -2.00. The van der Waals surface area contributed by atoms with Crippen LogP contribution in [0, 0.1) is 5.41 Å². The molecule has 0 aliphatic heterocycles. The number of fused-ring (bicyclic) bond motifs is 1. The minimum atomic E-state index is -4.17. The van der Waals surface area contributed by atoms with E-state index in [0.29, 0.717) is 0 Å². The van der Waals surface area contributed by atoms with Crippen molar-refractivity contribution in [2.75, 3.05) is 0 Å². The first-order valence-electron chi connectivity index (χ1n) is 3.25. The molecule has 2 rings (SSSR count). The Kier molecular flexibility index (Phi) is 2.50. The fourth-order valence-electron chi connectivity index (χ4n) is 0.922. The van der Waals surface area contributed by atoms with Crippen molar-refractivity contribution in [1.29, 1.82) is 5.41 Å². The molecule has 0 atom stereocenters. The van der Waals surface area contributed by atoms with Gasteiger partial charge in [-0.25, -0.2) is 5.41 Å². The van der Waals surface area contributed by atoms with E-state index in [1.54, 1.807) is 11.2 Å². The zero-order valence-electron chi connectivity index (χ0n) is 6.27. The number of rotatable bonds is 0. The summed E-state index contributed by atoms with van der Waals surface area (Å²) in [7, 11) is 0. The molecule has 0 saturated carbocycles. The van der Waals surface area contributed by atoms with Gasteiger partial charge in [-0.05, 0) is 41.5 Å². The Morgan fingerprint density at radius 1 is 1.15 bits per heavy atom. The van der Waals surface area contributed by atoms with Crippen molar-refractivity contribution in [3.05, 3.63) is 23.8 Å². The molecule has 0 amide bonds. The predicted octanol–water partition coefficient (Wildman–Crippen LogP) is 3.35. The molecule has 0 spiro atoms. The molecule has 0 aromatic heterocycles. The van der Waals surface area contributed by atoms with Crippen molar-refractivity contribution >= 4 is 17.4 Å². The van der Waals surface area contributed by atoms with E-state index in [1.165, 1.54) is 0 Å². The molecule has 13 heavy (non-hydrogen) atoms. The Balaban J connectivity index is 0.000000251. The van der Waals surface area contributed by atoms with Gasteiger partial charge in [0.05, 0.1) is 10.7 Å². The maximum absolute atomic E-state index is 11.8. The van der Waals surface area contributed by atoms with Crippen molar-refractivity contribution in [3.63, 3.8) is 0 Å². The summed E-state index contributed by atoms with van der Waals surface area (Å²) in [5, 5.41) is 7.36. The van der Waals surface area contributed by atoms with Gasteiger partial charge in [0.15, 0.2) is 0 Å². The Morgan fingerprint density at radius 3 is 1.77 bits per heavy atom. The summed E-state index contributed by atoms with van der Waals surface area (Å²) in [6.07, 6.45) is -4.17. The van der Waals surface area contributed by atoms with E-state index in [4.69, 9.17) is 5.41 Å². The highest BCUT2D eigenvalue weighted by molar-refractivity contribution is 7.78. The molecule has 0 unspecified atom stereocenters. The summed E-state index contributed by atoms with van der Waals surface area (Å²) in [5.74, 6) is 0. The molecule has 1 nitrogen and oxygen atoms in total. The van der Waals surface area contributed by atoms with Gasteiger partial charge in [-0.2, -0.15) is 13.2 Å². The SMILES string of the molecule is FC(F)(F)c1cc2cc-2c1.N=C=S. The maximum atomic E-state index is 11.8. The van der Waals surface area contributed by atoms with E-state index in [0.717, 1.165) is 23.3 Å². The number of isothiocyanates is 1. The third-order valence-corrected chi connectivity index (χ3v) is 1.51. The normalized spacial score (nSPS) is 11.0. The molecule has 0 fully saturated rings. The number of hydrogen-bond donors (Lipinski definition) is 1. The Morgan fingerprint density at radius 2 is 1.54 bits per heavy atom. The molecule has 68 valence electrons. The average molecular weight is 203 g/mol. The van der Waals surface area contributed by atoms with Crippen LogP contribution in [0.1, 0.15) is 5.56 Å². The van der Waals surface area contributed by atoms with Gasteiger partial charge in [0.1, 0.15) is 0 Å². The van der Waals surface area contributed by atoms with E-state index >= 15 is 0 Å². The second-order valence-corrected chi connectivity index (χ2v) is 2.60. The van der Waals surface area contributed by atoms with Gasteiger partial charge in [0.2, 0.25) is 0 Å². The fraction of sp³-hybridized carbons (Fsp3) is 0.125. The minimum Gasteiger partial charge on any atom is -0.248 e. The van der Waals surface area contributed by atoms with E-state index in [-0.39, 0.29) is 0 Å². The van der Waals surface area contributed by atoms with E-state index in [9.17, 15) is 13.2 Å². The maximum Gasteiger partial charge on any atom is 0.416 e. The van der Waals surface area contributed by atoms with Crippen LogP contribution in [0.25, 0.3) is 11.1 Å². The predicted molar refractivity (Wildman–Crippen MR) is 45.8 cm³/mol. The Hall–Kier alpha value is -1.19. The van der Waals surface area contributed by atoms with Gasteiger partial charge in [0.25, 0.3) is 0 Å². The second kappa shape index (κ2) is 3.28. The molecule has 0 aromatic rings. The molecule has 5 heteroatoms.